The zero-order valence-electron chi connectivity index (χ0n) is 34.9. The third-order valence-corrected chi connectivity index (χ3v) is 14.7. The number of hydrogen-bond acceptors (Lipinski definition) is 3. The molecule has 13 rings (SSSR count). The van der Waals surface area contributed by atoms with Gasteiger partial charge in [0.2, 0.25) is 0 Å². The van der Waals surface area contributed by atoms with E-state index in [-0.39, 0.29) is 0 Å². The first kappa shape index (κ1) is 36.7. The van der Waals surface area contributed by atoms with Gasteiger partial charge < -0.3 is 9.80 Å². The number of hydrogen-bond donors (Lipinski definition) is 0. The van der Waals surface area contributed by atoms with Gasteiger partial charge in [0.15, 0.2) is 0 Å². The summed E-state index contributed by atoms with van der Waals surface area (Å²) >= 11 is 1.88. The molecule has 300 valence electrons. The number of nitrogens with zero attached hydrogens (tertiary/aromatic N) is 2. The van der Waals surface area contributed by atoms with E-state index in [1.165, 1.54) is 92.9 Å². The van der Waals surface area contributed by atoms with E-state index in [1.807, 2.05) is 11.3 Å². The molecule has 0 bridgehead atoms. The quantitative estimate of drug-likeness (QED) is 0.165. The molecule has 1 spiro atoms. The minimum Gasteiger partial charge on any atom is -0.310 e. The molecule has 0 saturated carbocycles. The molecule has 2 nitrogen and oxygen atoms in total. The fraction of sp³-hybridized carbons (Fsp3) is 0.0164. The SMILES string of the molecule is c1ccc(-c2ccc(-c3ccccc3N(c3cccc4c3-c3ccccc3C43c4ccccc4N(c4ccccc4)c4ccccc43)c3cccc4c3sc3ccccc34)cc2)cc1. The monoisotopic (exact) mass is 832 g/mol. The van der Waals surface area contributed by atoms with E-state index >= 15 is 0 Å². The molecule has 0 unspecified atom stereocenters. The van der Waals surface area contributed by atoms with Gasteiger partial charge in [0.1, 0.15) is 0 Å². The van der Waals surface area contributed by atoms with Crippen molar-refractivity contribution in [1.29, 1.82) is 0 Å². The zero-order valence-corrected chi connectivity index (χ0v) is 35.7. The van der Waals surface area contributed by atoms with E-state index < -0.39 is 5.41 Å². The molecule has 2 aliphatic rings. The van der Waals surface area contributed by atoms with Gasteiger partial charge in [-0.25, -0.2) is 0 Å². The van der Waals surface area contributed by atoms with E-state index in [2.05, 4.69) is 252 Å². The Morgan fingerprint density at radius 3 is 1.62 bits per heavy atom. The van der Waals surface area contributed by atoms with Gasteiger partial charge in [-0.3, -0.25) is 0 Å². The molecule has 0 atom stereocenters. The predicted molar refractivity (Wildman–Crippen MR) is 270 cm³/mol. The second-order valence-electron chi connectivity index (χ2n) is 16.7. The number of benzene rings is 10. The number of rotatable bonds is 6. The lowest BCUT2D eigenvalue weighted by Gasteiger charge is -2.45. The Bertz CT molecular complexity index is 3520. The van der Waals surface area contributed by atoms with Crippen LogP contribution in [0.2, 0.25) is 0 Å². The van der Waals surface area contributed by atoms with Crippen molar-refractivity contribution >= 4 is 65.6 Å². The molecule has 0 radical (unpaired) electrons. The summed E-state index contributed by atoms with van der Waals surface area (Å²) in [6, 6.07) is 89.6. The molecule has 0 N–H and O–H groups in total. The molecule has 0 saturated heterocycles. The maximum atomic E-state index is 2.57. The summed E-state index contributed by atoms with van der Waals surface area (Å²) in [6.45, 7) is 0. The van der Waals surface area contributed by atoms with E-state index in [9.17, 15) is 0 Å². The summed E-state index contributed by atoms with van der Waals surface area (Å²) in [6.07, 6.45) is 0. The van der Waals surface area contributed by atoms with Crippen molar-refractivity contribution in [3.8, 4) is 33.4 Å². The maximum Gasteiger partial charge on any atom is 0.0755 e. The summed E-state index contributed by atoms with van der Waals surface area (Å²) in [5.41, 5.74) is 18.8. The highest BCUT2D eigenvalue weighted by molar-refractivity contribution is 7.26. The van der Waals surface area contributed by atoms with Crippen LogP contribution >= 0.6 is 11.3 Å². The van der Waals surface area contributed by atoms with Crippen LogP contribution in [-0.4, -0.2) is 0 Å². The molecular formula is C61H40N2S. The highest BCUT2D eigenvalue weighted by Gasteiger charge is 2.52. The number of anilines is 6. The lowest BCUT2D eigenvalue weighted by Crippen LogP contribution is -2.36. The third-order valence-electron chi connectivity index (χ3n) is 13.5. The van der Waals surface area contributed by atoms with E-state index in [0.29, 0.717) is 0 Å². The molecule has 1 aromatic heterocycles. The van der Waals surface area contributed by atoms with Crippen LogP contribution in [0.1, 0.15) is 22.3 Å². The minimum atomic E-state index is -0.581. The fourth-order valence-electron chi connectivity index (χ4n) is 10.9. The van der Waals surface area contributed by atoms with Crippen LogP contribution in [0.5, 0.6) is 0 Å². The first-order valence-corrected chi connectivity index (χ1v) is 22.8. The Labute approximate surface area is 377 Å². The largest absolute Gasteiger partial charge is 0.310 e. The minimum absolute atomic E-state index is 0.581. The lowest BCUT2D eigenvalue weighted by molar-refractivity contribution is 0.752. The van der Waals surface area contributed by atoms with Crippen molar-refractivity contribution in [1.82, 2.24) is 0 Å². The molecule has 3 heteroatoms. The summed E-state index contributed by atoms with van der Waals surface area (Å²) < 4.78 is 2.55. The smallest absolute Gasteiger partial charge is 0.0755 e. The molecule has 64 heavy (non-hydrogen) atoms. The van der Waals surface area contributed by atoms with E-state index in [1.54, 1.807) is 0 Å². The number of thiophene rings is 1. The molecule has 0 amide bonds. The molecule has 0 fully saturated rings. The first-order valence-electron chi connectivity index (χ1n) is 22.0. The standard InChI is InChI=1S/C61H40N2S/c1-3-19-41(20-4-1)42-37-39-43(40-38-42)45-23-8-13-31-53(45)63(57-35-17-26-47-46-24-9-16-36-58(46)64-60(47)57)56-34-18-30-52-59(56)48-25-7-10-27-49(48)61(52)50-28-11-14-32-54(50)62(44-21-5-2-6-22-44)55-33-15-12-29-51(55)61/h1-40H. The second kappa shape index (κ2) is 14.6. The van der Waals surface area contributed by atoms with Gasteiger partial charge in [0, 0.05) is 32.3 Å². The van der Waals surface area contributed by atoms with E-state index in [0.717, 1.165) is 17.1 Å². The summed E-state index contributed by atoms with van der Waals surface area (Å²) in [5, 5.41) is 2.56. The Kier molecular flexibility index (Phi) is 8.34. The topological polar surface area (TPSA) is 6.48 Å². The van der Waals surface area contributed by atoms with Crippen LogP contribution in [-0.2, 0) is 5.41 Å². The molecule has 1 aliphatic carbocycles. The van der Waals surface area contributed by atoms with Crippen molar-refractivity contribution < 1.29 is 0 Å². The van der Waals surface area contributed by atoms with Crippen LogP contribution in [0.25, 0.3) is 53.6 Å². The van der Waals surface area contributed by atoms with Gasteiger partial charge in [0.05, 0.1) is 38.6 Å². The van der Waals surface area contributed by atoms with Crippen LogP contribution in [0, 0.1) is 0 Å². The summed E-state index contributed by atoms with van der Waals surface area (Å²) in [5.74, 6) is 0. The molecular weight excluding hydrogens is 793 g/mol. The fourth-order valence-corrected chi connectivity index (χ4v) is 12.1. The highest BCUT2D eigenvalue weighted by atomic mass is 32.1. The van der Waals surface area contributed by atoms with Gasteiger partial charge in [-0.15, -0.1) is 11.3 Å². The van der Waals surface area contributed by atoms with Gasteiger partial charge >= 0.3 is 0 Å². The van der Waals surface area contributed by atoms with Gasteiger partial charge in [-0.05, 0) is 93.0 Å². The Balaban J connectivity index is 1.11. The summed E-state index contributed by atoms with van der Waals surface area (Å²) in [7, 11) is 0. The van der Waals surface area contributed by atoms with Crippen molar-refractivity contribution in [3.05, 3.63) is 265 Å². The second-order valence-corrected chi connectivity index (χ2v) is 17.8. The lowest BCUT2D eigenvalue weighted by atomic mass is 9.64. The van der Waals surface area contributed by atoms with Crippen molar-refractivity contribution in [3.63, 3.8) is 0 Å². The van der Waals surface area contributed by atoms with Crippen molar-refractivity contribution in [2.24, 2.45) is 0 Å². The molecule has 10 aromatic carbocycles. The molecule has 1 aliphatic heterocycles. The average Bonchev–Trinajstić information content (AvgIpc) is 3.90. The van der Waals surface area contributed by atoms with Crippen LogP contribution in [0.3, 0.4) is 0 Å². The Morgan fingerprint density at radius 1 is 0.344 bits per heavy atom. The zero-order chi connectivity index (χ0) is 42.2. The average molecular weight is 833 g/mol. The number of fused-ring (bicyclic) bond motifs is 12. The maximum absolute atomic E-state index is 2.57. The number of para-hydroxylation sites is 4. The Morgan fingerprint density at radius 2 is 0.859 bits per heavy atom. The predicted octanol–water partition coefficient (Wildman–Crippen LogP) is 17.0. The summed E-state index contributed by atoms with van der Waals surface area (Å²) in [4.78, 5) is 5.03. The normalized spacial score (nSPS) is 13.1. The molecule has 2 heterocycles. The van der Waals surface area contributed by atoms with Gasteiger partial charge in [-0.2, -0.15) is 0 Å². The van der Waals surface area contributed by atoms with Crippen LogP contribution in [0.15, 0.2) is 243 Å². The van der Waals surface area contributed by atoms with Crippen molar-refractivity contribution in [2.45, 2.75) is 5.41 Å². The Hall–Kier alpha value is -7.98. The van der Waals surface area contributed by atoms with Crippen LogP contribution in [0.4, 0.5) is 34.1 Å². The van der Waals surface area contributed by atoms with Gasteiger partial charge in [-0.1, -0.05) is 194 Å². The van der Waals surface area contributed by atoms with Crippen molar-refractivity contribution in [2.75, 3.05) is 9.80 Å². The highest BCUT2D eigenvalue weighted by Crippen LogP contribution is 2.65. The van der Waals surface area contributed by atoms with Crippen LogP contribution < -0.4 is 9.80 Å². The van der Waals surface area contributed by atoms with E-state index in [4.69, 9.17) is 0 Å². The first-order chi connectivity index (χ1) is 31.8. The third kappa shape index (κ3) is 5.32. The molecule has 11 aromatic rings. The van der Waals surface area contributed by atoms with Gasteiger partial charge in [0.25, 0.3) is 0 Å².